The van der Waals surface area contributed by atoms with Crippen molar-refractivity contribution in [2.75, 3.05) is 6.61 Å². The number of ether oxygens (including phenoxy) is 1. The fourth-order valence-corrected chi connectivity index (χ4v) is 1.83. The Balaban J connectivity index is 2.39. The van der Waals surface area contributed by atoms with E-state index in [-0.39, 0.29) is 18.6 Å². The topological polar surface area (TPSA) is 128 Å². The zero-order chi connectivity index (χ0) is 13.3. The first-order chi connectivity index (χ1) is 8.56. The summed E-state index contributed by atoms with van der Waals surface area (Å²) >= 11 is 0. The van der Waals surface area contributed by atoms with Crippen LogP contribution in [0.2, 0.25) is 0 Å². The maximum Gasteiger partial charge on any atom is 0.330 e. The smallest absolute Gasteiger partial charge is 0.330 e. The summed E-state index contributed by atoms with van der Waals surface area (Å²) in [4.78, 5) is 24.8. The van der Waals surface area contributed by atoms with Crippen LogP contribution in [0.1, 0.15) is 18.2 Å². The molecule has 0 radical (unpaired) electrons. The van der Waals surface area contributed by atoms with Crippen molar-refractivity contribution in [3.8, 4) is 6.07 Å². The van der Waals surface area contributed by atoms with Gasteiger partial charge in [-0.05, 0) is 0 Å². The maximum absolute atomic E-state index is 11.6. The molecule has 3 N–H and O–H groups in total. The van der Waals surface area contributed by atoms with Gasteiger partial charge in [0, 0.05) is 12.6 Å². The number of rotatable bonds is 2. The van der Waals surface area contributed by atoms with Crippen molar-refractivity contribution < 1.29 is 14.9 Å². The predicted molar refractivity (Wildman–Crippen MR) is 57.7 cm³/mol. The van der Waals surface area contributed by atoms with Crippen LogP contribution >= 0.6 is 0 Å². The first-order valence-electron chi connectivity index (χ1n) is 5.26. The maximum atomic E-state index is 11.6. The minimum absolute atomic E-state index is 0.0993. The predicted octanol–water partition coefficient (Wildman–Crippen LogP) is -1.95. The molecule has 1 unspecified atom stereocenters. The van der Waals surface area contributed by atoms with Gasteiger partial charge in [-0.15, -0.1) is 0 Å². The second-order valence-electron chi connectivity index (χ2n) is 3.94. The molecule has 1 aliphatic heterocycles. The third-order valence-corrected chi connectivity index (χ3v) is 2.78. The van der Waals surface area contributed by atoms with Crippen molar-refractivity contribution in [3.63, 3.8) is 0 Å². The van der Waals surface area contributed by atoms with Crippen molar-refractivity contribution in [2.24, 2.45) is 0 Å². The zero-order valence-corrected chi connectivity index (χ0v) is 9.24. The Kier molecular flexibility index (Phi) is 3.29. The Morgan fingerprint density at radius 2 is 2.33 bits per heavy atom. The summed E-state index contributed by atoms with van der Waals surface area (Å²) in [6, 6.07) is 1.65. The Bertz CT molecular complexity index is 599. The van der Waals surface area contributed by atoms with E-state index in [1.54, 1.807) is 6.07 Å². The van der Waals surface area contributed by atoms with E-state index in [0.29, 0.717) is 0 Å². The normalized spacial score (nSPS) is 27.1. The molecule has 18 heavy (non-hydrogen) atoms. The number of nitrogens with one attached hydrogen (secondary N) is 1. The summed E-state index contributed by atoms with van der Waals surface area (Å²) in [6.45, 7) is -0.374. The third-order valence-electron chi connectivity index (χ3n) is 2.78. The van der Waals surface area contributed by atoms with E-state index in [9.17, 15) is 14.7 Å². The van der Waals surface area contributed by atoms with Gasteiger partial charge < -0.3 is 14.9 Å². The minimum atomic E-state index is -0.899. The number of aliphatic hydroxyl groups excluding tert-OH is 2. The fourth-order valence-electron chi connectivity index (χ4n) is 1.83. The molecule has 0 bridgehead atoms. The lowest BCUT2D eigenvalue weighted by molar-refractivity contribution is -0.0459. The van der Waals surface area contributed by atoms with Gasteiger partial charge in [-0.1, -0.05) is 0 Å². The average molecular weight is 253 g/mol. The minimum Gasteiger partial charge on any atom is -0.394 e. The first kappa shape index (κ1) is 12.5. The number of aromatic amines is 1. The average Bonchev–Trinajstić information content (AvgIpc) is 2.70. The lowest BCUT2D eigenvalue weighted by atomic mass is 10.2. The molecule has 0 saturated carbocycles. The van der Waals surface area contributed by atoms with Crippen molar-refractivity contribution >= 4 is 0 Å². The van der Waals surface area contributed by atoms with Crippen LogP contribution in [0.25, 0.3) is 0 Å². The Morgan fingerprint density at radius 3 is 2.89 bits per heavy atom. The van der Waals surface area contributed by atoms with E-state index in [0.717, 1.165) is 10.8 Å². The van der Waals surface area contributed by atoms with Gasteiger partial charge in [0.25, 0.3) is 5.56 Å². The highest BCUT2D eigenvalue weighted by molar-refractivity contribution is 5.21. The van der Waals surface area contributed by atoms with Gasteiger partial charge in [-0.3, -0.25) is 14.3 Å². The molecule has 0 spiro atoms. The molecule has 1 saturated heterocycles. The molecule has 0 aromatic carbocycles. The van der Waals surface area contributed by atoms with Gasteiger partial charge in [0.15, 0.2) is 0 Å². The molecule has 3 atom stereocenters. The van der Waals surface area contributed by atoms with Crippen molar-refractivity contribution in [1.29, 1.82) is 5.26 Å². The fraction of sp³-hybridized carbons (Fsp3) is 0.500. The third kappa shape index (κ3) is 2.06. The summed E-state index contributed by atoms with van der Waals surface area (Å²) in [7, 11) is 0. The summed E-state index contributed by atoms with van der Waals surface area (Å²) in [6.07, 6.45) is -1.31. The molecule has 8 heteroatoms. The number of aromatic nitrogens is 2. The number of H-pyrrole nitrogens is 1. The first-order valence-corrected chi connectivity index (χ1v) is 5.26. The van der Waals surface area contributed by atoms with Crippen LogP contribution in [-0.4, -0.2) is 38.6 Å². The molecule has 1 aliphatic rings. The highest BCUT2D eigenvalue weighted by Crippen LogP contribution is 2.27. The second kappa shape index (κ2) is 4.73. The quantitative estimate of drug-likeness (QED) is 0.562. The molecule has 1 aromatic rings. The number of aliphatic hydroxyl groups is 2. The highest BCUT2D eigenvalue weighted by atomic mass is 16.5. The molecule has 2 heterocycles. The largest absolute Gasteiger partial charge is 0.394 e. The summed E-state index contributed by atoms with van der Waals surface area (Å²) in [5, 5.41) is 27.2. The summed E-state index contributed by atoms with van der Waals surface area (Å²) < 4.78 is 6.29. The molecular weight excluding hydrogens is 242 g/mol. The van der Waals surface area contributed by atoms with Crippen molar-refractivity contribution in [1.82, 2.24) is 9.55 Å². The van der Waals surface area contributed by atoms with Crippen molar-refractivity contribution in [3.05, 3.63) is 32.6 Å². The number of nitriles is 1. The molecule has 96 valence electrons. The number of hydrogen-bond acceptors (Lipinski definition) is 6. The molecule has 8 nitrogen and oxygen atoms in total. The van der Waals surface area contributed by atoms with Crippen LogP contribution < -0.4 is 11.2 Å². The van der Waals surface area contributed by atoms with Crippen LogP contribution in [0.3, 0.4) is 0 Å². The molecule has 1 aromatic heterocycles. The highest BCUT2D eigenvalue weighted by Gasteiger charge is 2.35. The zero-order valence-electron chi connectivity index (χ0n) is 9.24. The van der Waals surface area contributed by atoms with Gasteiger partial charge in [-0.2, -0.15) is 5.26 Å². The van der Waals surface area contributed by atoms with Crippen LogP contribution in [0.4, 0.5) is 0 Å². The van der Waals surface area contributed by atoms with Gasteiger partial charge in [-0.25, -0.2) is 4.79 Å². The SMILES string of the molecule is N#Cc1cn([C@H]2CC(O)[C@@H](CO)O2)c(=O)[nH]c1=O. The van der Waals surface area contributed by atoms with Gasteiger partial charge >= 0.3 is 5.69 Å². The standard InChI is InChI=1S/C10H11N3O5/c11-2-5-3-13(10(17)12-9(5)16)8-1-6(15)7(4-14)18-8/h3,6-8,14-15H,1,4H2,(H,12,16,17)/t6?,7-,8-/m1/s1. The van der Waals surface area contributed by atoms with Crippen LogP contribution in [0.5, 0.6) is 0 Å². The Labute approximate surface area is 101 Å². The van der Waals surface area contributed by atoms with E-state index in [1.807, 2.05) is 4.98 Å². The van der Waals surface area contributed by atoms with Crippen LogP contribution in [0.15, 0.2) is 15.8 Å². The number of hydrogen-bond donors (Lipinski definition) is 3. The lowest BCUT2D eigenvalue weighted by Crippen LogP contribution is -2.33. The van der Waals surface area contributed by atoms with E-state index < -0.39 is 29.7 Å². The Hall–Kier alpha value is -1.95. The van der Waals surface area contributed by atoms with Crippen LogP contribution in [0, 0.1) is 11.3 Å². The van der Waals surface area contributed by atoms with Crippen molar-refractivity contribution in [2.45, 2.75) is 24.9 Å². The molecular formula is C10H11N3O5. The second-order valence-corrected chi connectivity index (χ2v) is 3.94. The van der Waals surface area contributed by atoms with Crippen LogP contribution in [-0.2, 0) is 4.74 Å². The van der Waals surface area contributed by atoms with Gasteiger partial charge in [0.2, 0.25) is 0 Å². The molecule has 0 aliphatic carbocycles. The number of nitrogens with zero attached hydrogens (tertiary/aromatic N) is 2. The molecule has 2 rings (SSSR count). The summed E-state index contributed by atoms with van der Waals surface area (Å²) in [5.74, 6) is 0. The molecule has 1 fully saturated rings. The van der Waals surface area contributed by atoms with Gasteiger partial charge in [0.05, 0.1) is 12.7 Å². The Morgan fingerprint density at radius 1 is 1.61 bits per heavy atom. The van der Waals surface area contributed by atoms with E-state index in [1.165, 1.54) is 0 Å². The van der Waals surface area contributed by atoms with Gasteiger partial charge in [0.1, 0.15) is 24.0 Å². The molecule has 0 amide bonds. The van der Waals surface area contributed by atoms with E-state index in [4.69, 9.17) is 15.1 Å². The monoisotopic (exact) mass is 253 g/mol. The summed E-state index contributed by atoms with van der Waals surface area (Å²) in [5.41, 5.74) is -1.72. The van der Waals surface area contributed by atoms with E-state index in [2.05, 4.69) is 0 Å². The lowest BCUT2D eigenvalue weighted by Gasteiger charge is -2.14. The van der Waals surface area contributed by atoms with E-state index >= 15 is 0 Å².